The van der Waals surface area contributed by atoms with Crippen LogP contribution >= 0.6 is 0 Å². The van der Waals surface area contributed by atoms with Gasteiger partial charge in [-0.15, -0.1) is 0 Å². The molecule has 0 aromatic carbocycles. The zero-order valence-corrected chi connectivity index (χ0v) is 10.7. The fraction of sp³-hybridized carbons (Fsp3) is 0.667. The van der Waals surface area contributed by atoms with Crippen molar-refractivity contribution in [2.75, 3.05) is 0 Å². The van der Waals surface area contributed by atoms with E-state index in [9.17, 15) is 19.8 Å². The Bertz CT molecular complexity index is 382. The van der Waals surface area contributed by atoms with E-state index in [0.29, 0.717) is 0 Å². The molecule has 0 fully saturated rings. The summed E-state index contributed by atoms with van der Waals surface area (Å²) in [6.45, 7) is 6.99. The quantitative estimate of drug-likeness (QED) is 0.729. The van der Waals surface area contributed by atoms with Crippen LogP contribution in [0.3, 0.4) is 0 Å². The van der Waals surface area contributed by atoms with Crippen molar-refractivity contribution in [3.63, 3.8) is 0 Å². The molecule has 2 atom stereocenters. The van der Waals surface area contributed by atoms with E-state index in [1.54, 1.807) is 33.8 Å². The second-order valence-electron chi connectivity index (χ2n) is 5.46. The Kier molecular flexibility index (Phi) is 3.09. The maximum atomic E-state index is 11.7. The van der Waals surface area contributed by atoms with Gasteiger partial charge in [0.15, 0.2) is 0 Å². The first-order valence-corrected chi connectivity index (χ1v) is 5.69. The van der Waals surface area contributed by atoms with Gasteiger partial charge in [-0.3, -0.25) is 0 Å². The van der Waals surface area contributed by atoms with Gasteiger partial charge in [0.05, 0.1) is 0 Å². The van der Waals surface area contributed by atoms with Crippen molar-refractivity contribution in [2.24, 2.45) is 0 Å². The van der Waals surface area contributed by atoms with Crippen LogP contribution < -0.4 is 0 Å². The summed E-state index contributed by atoms with van der Waals surface area (Å²) in [5.74, 6) is -1.05. The first-order chi connectivity index (χ1) is 7.65. The number of carboxylic acid groups (broad SMARTS) is 2. The zero-order valence-electron chi connectivity index (χ0n) is 10.7. The van der Waals surface area contributed by atoms with Crippen LogP contribution in [0.5, 0.6) is 0 Å². The van der Waals surface area contributed by atoms with Gasteiger partial charge in [-0.2, -0.15) is 9.28 Å². The molecule has 1 aliphatic rings. The smallest absolute Gasteiger partial charge is 0.477 e. The molecule has 0 aromatic rings. The van der Waals surface area contributed by atoms with Gasteiger partial charge < -0.3 is 10.2 Å². The lowest BCUT2D eigenvalue weighted by atomic mass is 9.85. The van der Waals surface area contributed by atoms with Gasteiger partial charge in [0, 0.05) is 12.8 Å². The fourth-order valence-corrected chi connectivity index (χ4v) is 2.88. The van der Waals surface area contributed by atoms with E-state index in [0.717, 1.165) is 0 Å². The van der Waals surface area contributed by atoms with Crippen molar-refractivity contribution >= 4 is 12.1 Å². The highest BCUT2D eigenvalue weighted by Crippen LogP contribution is 2.45. The Morgan fingerprint density at radius 3 is 2.12 bits per heavy atom. The van der Waals surface area contributed by atoms with Crippen molar-refractivity contribution in [3.8, 4) is 0 Å². The molecule has 1 amide bonds. The van der Waals surface area contributed by atoms with Crippen molar-refractivity contribution in [3.05, 3.63) is 12.3 Å². The highest BCUT2D eigenvalue weighted by Gasteiger charge is 2.67. The molecule has 0 saturated heterocycles. The van der Waals surface area contributed by atoms with Gasteiger partial charge in [-0.05, 0) is 26.8 Å². The molecule has 0 saturated carbocycles. The van der Waals surface area contributed by atoms with Crippen molar-refractivity contribution in [2.45, 2.75) is 51.6 Å². The third-order valence-electron chi connectivity index (χ3n) is 3.80. The summed E-state index contributed by atoms with van der Waals surface area (Å²) in [7, 11) is 0. The molecule has 5 nitrogen and oxygen atoms in total. The van der Waals surface area contributed by atoms with E-state index in [2.05, 4.69) is 0 Å². The number of hydrogen-bond donors (Lipinski definition) is 2. The first-order valence-electron chi connectivity index (χ1n) is 5.69. The van der Waals surface area contributed by atoms with Crippen molar-refractivity contribution in [1.29, 1.82) is 0 Å². The highest BCUT2D eigenvalue weighted by molar-refractivity contribution is 5.81. The van der Waals surface area contributed by atoms with Crippen LogP contribution in [0.2, 0.25) is 0 Å². The SMILES string of the molecule is CCC1(C(=O)O)CC=C[N+]1(C(=O)O)C(C)(C)C. The minimum Gasteiger partial charge on any atom is -0.477 e. The van der Waals surface area contributed by atoms with Crippen LogP contribution in [0.4, 0.5) is 4.79 Å². The highest BCUT2D eigenvalue weighted by atomic mass is 16.4. The number of amides is 1. The van der Waals surface area contributed by atoms with E-state index >= 15 is 0 Å². The van der Waals surface area contributed by atoms with E-state index < -0.39 is 27.6 Å². The minimum atomic E-state index is -1.30. The number of hydrogen-bond acceptors (Lipinski definition) is 2. The Hall–Kier alpha value is -1.36. The number of nitrogens with zero attached hydrogens (tertiary/aromatic N) is 1. The average Bonchev–Trinajstić information content (AvgIpc) is 2.57. The number of aliphatic carboxylic acids is 1. The van der Waals surface area contributed by atoms with Gasteiger partial charge in [0.2, 0.25) is 5.54 Å². The maximum Gasteiger partial charge on any atom is 0.519 e. The second kappa shape index (κ2) is 3.84. The summed E-state index contributed by atoms with van der Waals surface area (Å²) in [5.41, 5.74) is -2.02. The molecule has 1 rings (SSSR count). The van der Waals surface area contributed by atoms with Crippen LogP contribution in [-0.4, -0.2) is 37.8 Å². The zero-order chi connectivity index (χ0) is 13.5. The molecule has 96 valence electrons. The Morgan fingerprint density at radius 1 is 1.35 bits per heavy atom. The van der Waals surface area contributed by atoms with E-state index in [1.807, 2.05) is 0 Å². The molecule has 0 aliphatic carbocycles. The number of carboxylic acids is 1. The van der Waals surface area contributed by atoms with Crippen LogP contribution in [0.25, 0.3) is 0 Å². The lowest BCUT2D eigenvalue weighted by Gasteiger charge is -2.48. The van der Waals surface area contributed by atoms with Crippen LogP contribution in [-0.2, 0) is 4.79 Å². The van der Waals surface area contributed by atoms with Crippen LogP contribution in [0, 0.1) is 0 Å². The molecule has 17 heavy (non-hydrogen) atoms. The molecule has 0 bridgehead atoms. The van der Waals surface area contributed by atoms with Gasteiger partial charge in [0.25, 0.3) is 0 Å². The molecule has 0 aromatic heterocycles. The third kappa shape index (κ3) is 1.49. The molecule has 2 unspecified atom stereocenters. The van der Waals surface area contributed by atoms with E-state index in [-0.39, 0.29) is 12.8 Å². The van der Waals surface area contributed by atoms with Crippen molar-refractivity contribution < 1.29 is 24.3 Å². The summed E-state index contributed by atoms with van der Waals surface area (Å²) < 4.78 is -0.550. The van der Waals surface area contributed by atoms with Gasteiger partial charge in [-0.1, -0.05) is 6.92 Å². The number of carbonyl (C=O) groups is 2. The number of quaternary nitrogens is 1. The summed E-state index contributed by atoms with van der Waals surface area (Å²) >= 11 is 0. The largest absolute Gasteiger partial charge is 0.519 e. The molecular weight excluding hydrogens is 222 g/mol. The summed E-state index contributed by atoms with van der Waals surface area (Å²) in [6, 6.07) is 0. The maximum absolute atomic E-state index is 11.7. The Morgan fingerprint density at radius 2 is 1.88 bits per heavy atom. The van der Waals surface area contributed by atoms with Crippen molar-refractivity contribution in [1.82, 2.24) is 0 Å². The molecule has 1 aliphatic heterocycles. The standard InChI is InChI=1S/C12H19NO4/c1-5-12(9(14)15)7-6-8-13(12,10(16)17)11(2,3)4/h6,8H,5,7H2,1-4H3,(H-,14,15,16,17)/p+1. The monoisotopic (exact) mass is 242 g/mol. The Balaban J connectivity index is 3.54. The molecule has 0 spiro atoms. The lowest BCUT2D eigenvalue weighted by Crippen LogP contribution is -2.72. The van der Waals surface area contributed by atoms with E-state index in [1.165, 1.54) is 6.20 Å². The lowest BCUT2D eigenvalue weighted by molar-refractivity contribution is -0.892. The first kappa shape index (κ1) is 13.7. The van der Waals surface area contributed by atoms with Crippen LogP contribution in [0.15, 0.2) is 12.3 Å². The average molecular weight is 242 g/mol. The second-order valence-corrected chi connectivity index (χ2v) is 5.46. The minimum absolute atomic E-state index is 0.252. The van der Waals surface area contributed by atoms with Crippen LogP contribution in [0.1, 0.15) is 40.5 Å². The van der Waals surface area contributed by atoms with E-state index in [4.69, 9.17) is 0 Å². The summed E-state index contributed by atoms with van der Waals surface area (Å²) in [5, 5.41) is 19.1. The molecular formula is C12H20NO4+. The third-order valence-corrected chi connectivity index (χ3v) is 3.80. The predicted octanol–water partition coefficient (Wildman–Crippen LogP) is 2.43. The molecule has 2 N–H and O–H groups in total. The molecule has 5 heteroatoms. The normalized spacial score (nSPS) is 32.7. The molecule has 1 heterocycles. The topological polar surface area (TPSA) is 74.6 Å². The van der Waals surface area contributed by atoms with Gasteiger partial charge in [0.1, 0.15) is 11.7 Å². The molecule has 0 radical (unpaired) electrons. The summed E-state index contributed by atoms with van der Waals surface area (Å²) in [6.07, 6.45) is 2.59. The van der Waals surface area contributed by atoms with Gasteiger partial charge >= 0.3 is 12.1 Å². The van der Waals surface area contributed by atoms with Gasteiger partial charge in [-0.25, -0.2) is 4.79 Å². The Labute approximate surface area is 101 Å². The predicted molar refractivity (Wildman–Crippen MR) is 62.5 cm³/mol. The fourth-order valence-electron chi connectivity index (χ4n) is 2.88. The summed E-state index contributed by atoms with van der Waals surface area (Å²) in [4.78, 5) is 23.3. The number of rotatable bonds is 2.